The van der Waals surface area contributed by atoms with Crippen molar-refractivity contribution in [2.75, 3.05) is 52.9 Å². The van der Waals surface area contributed by atoms with Gasteiger partial charge in [0.05, 0.1) is 30.4 Å². The van der Waals surface area contributed by atoms with Crippen LogP contribution in [-0.2, 0) is 6.54 Å². The van der Waals surface area contributed by atoms with Gasteiger partial charge in [0.1, 0.15) is 5.75 Å². The van der Waals surface area contributed by atoms with Crippen LogP contribution in [0.3, 0.4) is 0 Å². The van der Waals surface area contributed by atoms with Crippen molar-refractivity contribution in [3.05, 3.63) is 42.4 Å². The number of nitrogens with zero attached hydrogens (tertiary/aromatic N) is 4. The van der Waals surface area contributed by atoms with Gasteiger partial charge < -0.3 is 19.9 Å². The molecule has 1 aromatic heterocycles. The Morgan fingerprint density at radius 1 is 1.03 bits per heavy atom. The summed E-state index contributed by atoms with van der Waals surface area (Å²) in [6.45, 7) is 8.70. The number of benzene rings is 1. The zero-order chi connectivity index (χ0) is 22.0. The first-order chi connectivity index (χ1) is 15.8. The van der Waals surface area contributed by atoms with Crippen molar-refractivity contribution in [3.63, 3.8) is 0 Å². The number of aromatic nitrogens is 2. The van der Waals surface area contributed by atoms with E-state index in [9.17, 15) is 0 Å². The normalized spacial score (nSPS) is 18.2. The Hall–Kier alpha value is -2.02. The third-order valence-electron chi connectivity index (χ3n) is 6.65. The summed E-state index contributed by atoms with van der Waals surface area (Å²) in [6.07, 6.45) is 11.5. The van der Waals surface area contributed by atoms with Gasteiger partial charge in [0.15, 0.2) is 0 Å². The van der Waals surface area contributed by atoms with E-state index in [1.165, 1.54) is 45.2 Å². The molecule has 4 rings (SSSR count). The topological polar surface area (TPSA) is 53.5 Å². The molecule has 0 amide bonds. The molecule has 0 bridgehead atoms. The molecule has 0 saturated carbocycles. The Morgan fingerprint density at radius 2 is 1.81 bits per heavy atom. The largest absolute Gasteiger partial charge is 0.494 e. The van der Waals surface area contributed by atoms with Crippen molar-refractivity contribution in [1.29, 1.82) is 0 Å². The maximum absolute atomic E-state index is 5.94. The first-order valence-electron chi connectivity index (χ1n) is 12.4. The third kappa shape index (κ3) is 7.26. The van der Waals surface area contributed by atoms with Crippen molar-refractivity contribution in [3.8, 4) is 17.0 Å². The average molecular weight is 438 g/mol. The Kier molecular flexibility index (Phi) is 8.88. The molecule has 0 aliphatic carbocycles. The Labute approximate surface area is 193 Å². The minimum absolute atomic E-state index is 0.773. The molecule has 1 N–H and O–H groups in total. The summed E-state index contributed by atoms with van der Waals surface area (Å²) in [6, 6.07) is 8.23. The molecule has 174 valence electrons. The summed E-state index contributed by atoms with van der Waals surface area (Å²) in [5.41, 5.74) is 3.01. The molecule has 0 radical (unpaired) electrons. The van der Waals surface area contributed by atoms with Crippen LogP contribution in [0.4, 0.5) is 0 Å². The summed E-state index contributed by atoms with van der Waals surface area (Å²) in [5, 5.41) is 3.44. The zero-order valence-electron chi connectivity index (χ0n) is 19.6. The van der Waals surface area contributed by atoms with Gasteiger partial charge in [0, 0.05) is 25.2 Å². The van der Waals surface area contributed by atoms with Crippen LogP contribution in [0, 0.1) is 5.92 Å². The first-order valence-corrected chi connectivity index (χ1v) is 12.4. The summed E-state index contributed by atoms with van der Waals surface area (Å²) >= 11 is 0. The second kappa shape index (κ2) is 12.3. The maximum Gasteiger partial charge on any atom is 0.119 e. The smallest absolute Gasteiger partial charge is 0.119 e. The van der Waals surface area contributed by atoms with Crippen molar-refractivity contribution in [1.82, 2.24) is 25.1 Å². The van der Waals surface area contributed by atoms with E-state index in [2.05, 4.69) is 44.3 Å². The van der Waals surface area contributed by atoms with Crippen molar-refractivity contribution in [2.24, 2.45) is 5.92 Å². The van der Waals surface area contributed by atoms with Gasteiger partial charge in [-0.3, -0.25) is 9.97 Å². The van der Waals surface area contributed by atoms with Crippen LogP contribution < -0.4 is 10.1 Å². The highest BCUT2D eigenvalue weighted by molar-refractivity contribution is 5.58. The number of likely N-dealkylation sites (tertiary alicyclic amines) is 1. The average Bonchev–Trinajstić information content (AvgIpc) is 2.84. The number of nitrogens with one attached hydrogen (secondary N) is 1. The minimum atomic E-state index is 0.773. The molecular formula is C26H39N5O. The van der Waals surface area contributed by atoms with Gasteiger partial charge >= 0.3 is 0 Å². The van der Waals surface area contributed by atoms with Crippen LogP contribution in [0.5, 0.6) is 5.75 Å². The highest BCUT2D eigenvalue weighted by Crippen LogP contribution is 2.21. The summed E-state index contributed by atoms with van der Waals surface area (Å²) < 4.78 is 5.94. The van der Waals surface area contributed by atoms with E-state index >= 15 is 0 Å². The molecule has 0 unspecified atom stereocenters. The summed E-state index contributed by atoms with van der Waals surface area (Å²) in [5.74, 6) is 1.72. The highest BCUT2D eigenvalue weighted by Gasteiger charge is 2.15. The van der Waals surface area contributed by atoms with E-state index in [4.69, 9.17) is 4.74 Å². The molecule has 0 atom stereocenters. The number of ether oxygens (including phenoxy) is 1. The van der Waals surface area contributed by atoms with Crippen molar-refractivity contribution >= 4 is 0 Å². The molecule has 2 fully saturated rings. The van der Waals surface area contributed by atoms with Gasteiger partial charge in [0.2, 0.25) is 0 Å². The quantitative estimate of drug-likeness (QED) is 0.570. The number of piperidine rings is 2. The third-order valence-corrected chi connectivity index (χ3v) is 6.65. The Morgan fingerprint density at radius 3 is 2.53 bits per heavy atom. The van der Waals surface area contributed by atoms with Crippen molar-refractivity contribution in [2.45, 2.75) is 45.1 Å². The lowest BCUT2D eigenvalue weighted by Gasteiger charge is -2.27. The maximum atomic E-state index is 5.94. The predicted molar refractivity (Wildman–Crippen MR) is 130 cm³/mol. The molecule has 6 heteroatoms. The van der Waals surface area contributed by atoms with Crippen LogP contribution in [-0.4, -0.2) is 72.7 Å². The van der Waals surface area contributed by atoms with E-state index < -0.39 is 0 Å². The molecule has 2 saturated heterocycles. The fraction of sp³-hybridized carbons (Fsp3) is 0.615. The second-order valence-electron chi connectivity index (χ2n) is 9.41. The fourth-order valence-corrected chi connectivity index (χ4v) is 4.81. The van der Waals surface area contributed by atoms with Gasteiger partial charge in [0.25, 0.3) is 0 Å². The zero-order valence-corrected chi connectivity index (χ0v) is 19.6. The van der Waals surface area contributed by atoms with E-state index in [1.807, 2.05) is 24.5 Å². The predicted octanol–water partition coefficient (Wildman–Crippen LogP) is 3.83. The van der Waals surface area contributed by atoms with Gasteiger partial charge in [-0.2, -0.15) is 0 Å². The minimum Gasteiger partial charge on any atom is -0.494 e. The number of hydrogen-bond donors (Lipinski definition) is 1. The Balaban J connectivity index is 1.20. The SMILES string of the molecule is CN(Cc1cnc(-c2ccc(OCCCN3CCCCC3)cc2)cn1)CC1CCNCC1. The lowest BCUT2D eigenvalue weighted by Crippen LogP contribution is -2.34. The summed E-state index contributed by atoms with van der Waals surface area (Å²) in [7, 11) is 2.18. The lowest BCUT2D eigenvalue weighted by atomic mass is 9.98. The second-order valence-corrected chi connectivity index (χ2v) is 9.41. The molecule has 0 spiro atoms. The lowest BCUT2D eigenvalue weighted by molar-refractivity contribution is 0.205. The fourth-order valence-electron chi connectivity index (χ4n) is 4.81. The van der Waals surface area contributed by atoms with E-state index in [0.29, 0.717) is 0 Å². The van der Waals surface area contributed by atoms with Crippen molar-refractivity contribution < 1.29 is 4.74 Å². The molecular weight excluding hydrogens is 398 g/mol. The summed E-state index contributed by atoms with van der Waals surface area (Å²) in [4.78, 5) is 14.3. The molecule has 3 heterocycles. The number of hydrogen-bond acceptors (Lipinski definition) is 6. The van der Waals surface area contributed by atoms with Crippen LogP contribution in [0.1, 0.15) is 44.2 Å². The molecule has 2 aromatic rings. The monoisotopic (exact) mass is 437 g/mol. The van der Waals surface area contributed by atoms with Gasteiger partial charge in [-0.1, -0.05) is 6.42 Å². The molecule has 1 aromatic carbocycles. The number of rotatable bonds is 10. The molecule has 32 heavy (non-hydrogen) atoms. The van der Waals surface area contributed by atoms with E-state index in [0.717, 1.165) is 74.4 Å². The first kappa shape index (κ1) is 23.1. The van der Waals surface area contributed by atoms with Gasteiger partial charge in [-0.05, 0) is 95.5 Å². The van der Waals surface area contributed by atoms with Crippen LogP contribution in [0.25, 0.3) is 11.3 Å². The molecule has 2 aliphatic heterocycles. The van der Waals surface area contributed by atoms with Gasteiger partial charge in [-0.15, -0.1) is 0 Å². The molecule has 6 nitrogen and oxygen atoms in total. The van der Waals surface area contributed by atoms with E-state index in [1.54, 1.807) is 0 Å². The van der Waals surface area contributed by atoms with E-state index in [-0.39, 0.29) is 0 Å². The van der Waals surface area contributed by atoms with Gasteiger partial charge in [-0.25, -0.2) is 0 Å². The Bertz CT molecular complexity index is 783. The van der Waals surface area contributed by atoms with Crippen LogP contribution >= 0.6 is 0 Å². The molecule has 2 aliphatic rings. The standard InChI is InChI=1S/C26H39N5O/c1-30(20-22-10-12-27-13-11-22)21-24-18-29-26(19-28-24)23-6-8-25(9-7-23)32-17-5-16-31-14-3-2-4-15-31/h6-9,18-19,22,27H,2-5,10-17,20-21H2,1H3. The highest BCUT2D eigenvalue weighted by atomic mass is 16.5. The van der Waals surface area contributed by atoms with Crippen LogP contribution in [0.15, 0.2) is 36.7 Å². The van der Waals surface area contributed by atoms with Crippen LogP contribution in [0.2, 0.25) is 0 Å².